The van der Waals surface area contributed by atoms with Crippen molar-refractivity contribution < 1.29 is 4.74 Å². The highest BCUT2D eigenvalue weighted by atomic mass is 16.5. The summed E-state index contributed by atoms with van der Waals surface area (Å²) in [7, 11) is 3.69. The van der Waals surface area contributed by atoms with Crippen LogP contribution in [-0.2, 0) is 10.3 Å². The van der Waals surface area contributed by atoms with E-state index >= 15 is 0 Å². The van der Waals surface area contributed by atoms with Crippen LogP contribution in [-0.4, -0.2) is 24.1 Å². The molecule has 0 spiro atoms. The zero-order valence-corrected chi connectivity index (χ0v) is 12.7. The molecular weight excluding hydrogens is 238 g/mol. The molecule has 0 radical (unpaired) electrons. The Bertz CT molecular complexity index is 451. The molecule has 1 aromatic heterocycles. The van der Waals surface area contributed by atoms with E-state index in [1.807, 2.05) is 20.9 Å². The molecule has 1 N–H and O–H groups in total. The fraction of sp³-hybridized carbons (Fsp3) is 0.733. The second-order valence-electron chi connectivity index (χ2n) is 5.74. The van der Waals surface area contributed by atoms with Crippen LogP contribution in [0.3, 0.4) is 0 Å². The molecule has 19 heavy (non-hydrogen) atoms. The summed E-state index contributed by atoms with van der Waals surface area (Å²) in [6.45, 7) is 6.39. The van der Waals surface area contributed by atoms with Gasteiger partial charge in [-0.2, -0.15) is 0 Å². The van der Waals surface area contributed by atoms with Crippen LogP contribution in [0.15, 0.2) is 0 Å². The molecule has 2 rings (SSSR count). The number of anilines is 1. The molecule has 1 aliphatic rings. The molecule has 4 heteroatoms. The van der Waals surface area contributed by atoms with E-state index in [4.69, 9.17) is 14.7 Å². The minimum atomic E-state index is -0.295. The average molecular weight is 263 g/mol. The zero-order valence-electron chi connectivity index (χ0n) is 12.7. The van der Waals surface area contributed by atoms with Crippen LogP contribution in [0.4, 0.5) is 5.82 Å². The monoisotopic (exact) mass is 263 g/mol. The molecule has 0 aliphatic heterocycles. The van der Waals surface area contributed by atoms with Gasteiger partial charge in [-0.25, -0.2) is 9.97 Å². The molecule has 0 aromatic carbocycles. The van der Waals surface area contributed by atoms with E-state index in [9.17, 15) is 0 Å². The van der Waals surface area contributed by atoms with Gasteiger partial charge in [-0.05, 0) is 45.4 Å². The third-order valence-electron chi connectivity index (χ3n) is 4.51. The number of rotatable bonds is 3. The summed E-state index contributed by atoms with van der Waals surface area (Å²) in [5.41, 5.74) is 1.85. The lowest BCUT2D eigenvalue weighted by molar-refractivity contribution is -0.0597. The Kier molecular flexibility index (Phi) is 4.09. The summed E-state index contributed by atoms with van der Waals surface area (Å²) >= 11 is 0. The van der Waals surface area contributed by atoms with Gasteiger partial charge >= 0.3 is 0 Å². The van der Waals surface area contributed by atoms with Crippen LogP contribution in [0.25, 0.3) is 0 Å². The Morgan fingerprint density at radius 1 is 1.21 bits per heavy atom. The second kappa shape index (κ2) is 5.45. The minimum absolute atomic E-state index is 0.295. The Hall–Kier alpha value is -1.16. The van der Waals surface area contributed by atoms with Gasteiger partial charge in [0.05, 0.1) is 0 Å². The van der Waals surface area contributed by atoms with Crippen LogP contribution in [0.2, 0.25) is 0 Å². The van der Waals surface area contributed by atoms with Crippen molar-refractivity contribution in [2.75, 3.05) is 19.5 Å². The highest BCUT2D eigenvalue weighted by Crippen LogP contribution is 2.41. The number of aromatic nitrogens is 2. The van der Waals surface area contributed by atoms with Crippen LogP contribution >= 0.6 is 0 Å². The molecule has 1 heterocycles. The zero-order chi connectivity index (χ0) is 14.0. The summed E-state index contributed by atoms with van der Waals surface area (Å²) < 4.78 is 5.85. The van der Waals surface area contributed by atoms with Crippen molar-refractivity contribution in [2.45, 2.75) is 52.1 Å². The smallest absolute Gasteiger partial charge is 0.162 e. The first-order chi connectivity index (χ1) is 9.02. The first-order valence-corrected chi connectivity index (χ1v) is 7.11. The molecular formula is C15H25N3O. The van der Waals surface area contributed by atoms with Crippen LogP contribution in [0, 0.1) is 19.8 Å². The van der Waals surface area contributed by atoms with Gasteiger partial charge in [0.25, 0.3) is 0 Å². The SMILES string of the molecule is CNc1nc(C2(OC)CCC(C)CC2)nc(C)c1C. The fourth-order valence-electron chi connectivity index (χ4n) is 2.82. The Morgan fingerprint density at radius 2 is 1.84 bits per heavy atom. The van der Waals surface area contributed by atoms with E-state index < -0.39 is 0 Å². The van der Waals surface area contributed by atoms with Crippen molar-refractivity contribution in [1.82, 2.24) is 9.97 Å². The molecule has 0 amide bonds. The Balaban J connectivity index is 2.41. The standard InChI is InChI=1S/C15H25N3O/c1-10-6-8-15(19-5,9-7-10)14-17-12(3)11(2)13(16-4)18-14/h10H,6-9H2,1-5H3,(H,16,17,18). The van der Waals surface area contributed by atoms with Crippen LogP contribution < -0.4 is 5.32 Å². The third kappa shape index (κ3) is 2.59. The molecule has 1 fully saturated rings. The van der Waals surface area contributed by atoms with Crippen LogP contribution in [0.5, 0.6) is 0 Å². The highest BCUT2D eigenvalue weighted by molar-refractivity contribution is 5.45. The van der Waals surface area contributed by atoms with Gasteiger partial charge in [-0.3, -0.25) is 0 Å². The molecule has 106 valence electrons. The van der Waals surface area contributed by atoms with Crippen molar-refractivity contribution in [3.63, 3.8) is 0 Å². The van der Waals surface area contributed by atoms with Crippen molar-refractivity contribution in [1.29, 1.82) is 0 Å². The Morgan fingerprint density at radius 3 is 2.37 bits per heavy atom. The fourth-order valence-corrected chi connectivity index (χ4v) is 2.82. The van der Waals surface area contributed by atoms with Crippen molar-refractivity contribution in [2.24, 2.45) is 5.92 Å². The predicted molar refractivity (Wildman–Crippen MR) is 77.4 cm³/mol. The maximum Gasteiger partial charge on any atom is 0.162 e. The van der Waals surface area contributed by atoms with E-state index in [-0.39, 0.29) is 5.60 Å². The van der Waals surface area contributed by atoms with Gasteiger partial charge in [0, 0.05) is 25.4 Å². The van der Waals surface area contributed by atoms with Crippen molar-refractivity contribution in [3.8, 4) is 0 Å². The number of ether oxygens (including phenoxy) is 1. The highest BCUT2D eigenvalue weighted by Gasteiger charge is 2.39. The van der Waals surface area contributed by atoms with Gasteiger partial charge < -0.3 is 10.1 Å². The van der Waals surface area contributed by atoms with E-state index in [1.165, 1.54) is 12.8 Å². The predicted octanol–water partition coefficient (Wildman–Crippen LogP) is 3.19. The lowest BCUT2D eigenvalue weighted by atomic mass is 9.79. The van der Waals surface area contributed by atoms with Gasteiger partial charge in [0.1, 0.15) is 11.4 Å². The van der Waals surface area contributed by atoms with E-state index in [2.05, 4.69) is 12.2 Å². The second-order valence-corrected chi connectivity index (χ2v) is 5.74. The minimum Gasteiger partial charge on any atom is -0.373 e. The summed E-state index contributed by atoms with van der Waals surface area (Å²) in [5, 5.41) is 3.16. The van der Waals surface area contributed by atoms with Crippen molar-refractivity contribution >= 4 is 5.82 Å². The van der Waals surface area contributed by atoms with Crippen LogP contribution in [0.1, 0.15) is 49.7 Å². The molecule has 1 aromatic rings. The molecule has 0 saturated heterocycles. The molecule has 4 nitrogen and oxygen atoms in total. The van der Waals surface area contributed by atoms with Gasteiger partial charge in [0.2, 0.25) is 0 Å². The Labute approximate surface area is 116 Å². The molecule has 1 saturated carbocycles. The van der Waals surface area contributed by atoms with Crippen molar-refractivity contribution in [3.05, 3.63) is 17.1 Å². The molecule has 0 atom stereocenters. The normalized spacial score (nSPS) is 27.3. The van der Waals surface area contributed by atoms with E-state index in [1.54, 1.807) is 7.11 Å². The lowest BCUT2D eigenvalue weighted by Crippen LogP contribution is -2.35. The van der Waals surface area contributed by atoms with E-state index in [0.717, 1.165) is 41.7 Å². The average Bonchev–Trinajstić information content (AvgIpc) is 2.43. The molecule has 0 unspecified atom stereocenters. The topological polar surface area (TPSA) is 47.0 Å². The molecule has 1 aliphatic carbocycles. The maximum absolute atomic E-state index is 5.85. The maximum atomic E-state index is 5.85. The summed E-state index contributed by atoms with van der Waals surface area (Å²) in [6, 6.07) is 0. The first kappa shape index (κ1) is 14.3. The number of nitrogens with zero attached hydrogens (tertiary/aromatic N) is 2. The molecule has 0 bridgehead atoms. The largest absolute Gasteiger partial charge is 0.373 e. The number of aryl methyl sites for hydroxylation is 1. The summed E-state index contributed by atoms with van der Waals surface area (Å²) in [6.07, 6.45) is 4.38. The first-order valence-electron chi connectivity index (χ1n) is 7.11. The quantitative estimate of drug-likeness (QED) is 0.909. The number of nitrogens with one attached hydrogen (secondary N) is 1. The third-order valence-corrected chi connectivity index (χ3v) is 4.51. The number of methoxy groups -OCH3 is 1. The summed E-state index contributed by atoms with van der Waals surface area (Å²) in [5.74, 6) is 2.53. The van der Waals surface area contributed by atoms with Gasteiger partial charge in [0.15, 0.2) is 5.82 Å². The lowest BCUT2D eigenvalue weighted by Gasteiger charge is -2.37. The summed E-state index contributed by atoms with van der Waals surface area (Å²) in [4.78, 5) is 9.39. The number of hydrogen-bond acceptors (Lipinski definition) is 4. The van der Waals surface area contributed by atoms with Gasteiger partial charge in [-0.1, -0.05) is 6.92 Å². The number of hydrogen-bond donors (Lipinski definition) is 1. The van der Waals surface area contributed by atoms with Gasteiger partial charge in [-0.15, -0.1) is 0 Å². The van der Waals surface area contributed by atoms with E-state index in [0.29, 0.717) is 0 Å².